The van der Waals surface area contributed by atoms with Gasteiger partial charge < -0.3 is 15.4 Å². The third-order valence-corrected chi connectivity index (χ3v) is 3.22. The van der Waals surface area contributed by atoms with Crippen LogP contribution >= 0.6 is 23.2 Å². The van der Waals surface area contributed by atoms with Gasteiger partial charge >= 0.3 is 6.03 Å². The number of halogens is 3. The fraction of sp³-hybridized carbons (Fsp3) is 0.133. The van der Waals surface area contributed by atoms with Crippen molar-refractivity contribution in [3.8, 4) is 5.75 Å². The van der Waals surface area contributed by atoms with Gasteiger partial charge in [0.05, 0.1) is 17.3 Å². The van der Waals surface area contributed by atoms with Crippen LogP contribution in [-0.4, -0.2) is 19.2 Å². The minimum Gasteiger partial charge on any atom is -0.489 e. The average Bonchev–Trinajstić information content (AvgIpc) is 2.49. The van der Waals surface area contributed by atoms with Crippen LogP contribution in [0.1, 0.15) is 0 Å². The molecule has 0 saturated heterocycles. The number of urea groups is 1. The van der Waals surface area contributed by atoms with E-state index in [9.17, 15) is 9.18 Å². The maximum Gasteiger partial charge on any atom is 0.319 e. The van der Waals surface area contributed by atoms with Crippen LogP contribution in [-0.2, 0) is 0 Å². The Morgan fingerprint density at radius 1 is 1.18 bits per heavy atom. The molecule has 7 heteroatoms. The quantitative estimate of drug-likeness (QED) is 0.794. The summed E-state index contributed by atoms with van der Waals surface area (Å²) in [4.78, 5) is 11.7. The van der Waals surface area contributed by atoms with E-state index in [2.05, 4.69) is 10.6 Å². The van der Waals surface area contributed by atoms with E-state index < -0.39 is 11.8 Å². The minimum absolute atomic E-state index is 0.137. The highest BCUT2D eigenvalue weighted by molar-refractivity contribution is 6.35. The Bertz CT molecular complexity index is 668. The van der Waals surface area contributed by atoms with Crippen molar-refractivity contribution in [2.24, 2.45) is 0 Å². The Morgan fingerprint density at radius 3 is 2.73 bits per heavy atom. The van der Waals surface area contributed by atoms with Crippen molar-refractivity contribution in [3.05, 3.63) is 58.3 Å². The Kier molecular flexibility index (Phi) is 5.86. The predicted octanol–water partition coefficient (Wildman–Crippen LogP) is 4.33. The highest BCUT2D eigenvalue weighted by Crippen LogP contribution is 2.25. The van der Waals surface area contributed by atoms with Crippen molar-refractivity contribution < 1.29 is 13.9 Å². The zero-order valence-corrected chi connectivity index (χ0v) is 12.9. The van der Waals surface area contributed by atoms with E-state index in [1.807, 2.05) is 0 Å². The first-order valence-electron chi connectivity index (χ1n) is 6.43. The summed E-state index contributed by atoms with van der Waals surface area (Å²) in [5, 5.41) is 5.97. The third kappa shape index (κ3) is 4.79. The van der Waals surface area contributed by atoms with E-state index in [4.69, 9.17) is 27.9 Å². The first-order valence-corrected chi connectivity index (χ1v) is 7.19. The molecule has 0 atom stereocenters. The largest absolute Gasteiger partial charge is 0.489 e. The topological polar surface area (TPSA) is 50.4 Å². The smallest absolute Gasteiger partial charge is 0.319 e. The van der Waals surface area contributed by atoms with Crippen molar-refractivity contribution in [2.45, 2.75) is 0 Å². The standard InChI is InChI=1S/C15H13Cl2FN2O2/c16-10-5-6-11(17)13(9-10)20-15(21)19-7-8-22-14-4-2-1-3-12(14)18/h1-6,9H,7-8H2,(H2,19,20,21). The molecule has 0 bridgehead atoms. The van der Waals surface area contributed by atoms with Crippen LogP contribution in [0.5, 0.6) is 5.75 Å². The molecule has 0 aromatic heterocycles. The summed E-state index contributed by atoms with van der Waals surface area (Å²) >= 11 is 11.8. The number of carbonyl (C=O) groups is 1. The van der Waals surface area contributed by atoms with Gasteiger partial charge in [-0.1, -0.05) is 35.3 Å². The lowest BCUT2D eigenvalue weighted by Gasteiger charge is -2.10. The minimum atomic E-state index is -0.457. The second-order valence-electron chi connectivity index (χ2n) is 4.28. The average molecular weight is 343 g/mol. The molecule has 0 radical (unpaired) electrons. The van der Waals surface area contributed by atoms with Gasteiger partial charge in [0.2, 0.25) is 0 Å². The number of nitrogens with one attached hydrogen (secondary N) is 2. The molecular formula is C15H13Cl2FN2O2. The van der Waals surface area contributed by atoms with Crippen molar-refractivity contribution >= 4 is 34.9 Å². The molecule has 0 fully saturated rings. The Morgan fingerprint density at radius 2 is 1.95 bits per heavy atom. The molecule has 0 aliphatic carbocycles. The number of ether oxygens (including phenoxy) is 1. The number of rotatable bonds is 5. The van der Waals surface area contributed by atoms with Gasteiger partial charge in [0.15, 0.2) is 11.6 Å². The molecule has 2 amide bonds. The molecule has 2 rings (SSSR count). The Labute approximate surface area is 137 Å². The second kappa shape index (κ2) is 7.87. The van der Waals surface area contributed by atoms with Gasteiger partial charge in [0, 0.05) is 5.02 Å². The van der Waals surface area contributed by atoms with Gasteiger partial charge in [-0.25, -0.2) is 9.18 Å². The number of anilines is 1. The van der Waals surface area contributed by atoms with E-state index in [1.54, 1.807) is 30.3 Å². The summed E-state index contributed by atoms with van der Waals surface area (Å²) in [6.45, 7) is 0.343. The summed E-state index contributed by atoms with van der Waals surface area (Å²) in [6, 6.07) is 10.3. The SMILES string of the molecule is O=C(NCCOc1ccccc1F)Nc1cc(Cl)ccc1Cl. The third-order valence-electron chi connectivity index (χ3n) is 2.66. The molecule has 116 valence electrons. The van der Waals surface area contributed by atoms with E-state index in [1.165, 1.54) is 12.1 Å². The van der Waals surface area contributed by atoms with Gasteiger partial charge in [-0.2, -0.15) is 0 Å². The van der Waals surface area contributed by atoms with Crippen LogP contribution < -0.4 is 15.4 Å². The maximum atomic E-state index is 13.3. The fourth-order valence-electron chi connectivity index (χ4n) is 1.65. The maximum absolute atomic E-state index is 13.3. The highest BCUT2D eigenvalue weighted by Gasteiger charge is 2.06. The molecule has 0 unspecified atom stereocenters. The van der Waals surface area contributed by atoms with E-state index in [0.29, 0.717) is 15.7 Å². The van der Waals surface area contributed by atoms with Crippen LogP contribution in [0.2, 0.25) is 10.0 Å². The van der Waals surface area contributed by atoms with Crippen LogP contribution in [0.3, 0.4) is 0 Å². The van der Waals surface area contributed by atoms with Gasteiger partial charge in [-0.3, -0.25) is 0 Å². The molecule has 0 heterocycles. The molecule has 2 aromatic carbocycles. The van der Waals surface area contributed by atoms with Gasteiger partial charge in [0.25, 0.3) is 0 Å². The number of para-hydroxylation sites is 1. The Balaban J connectivity index is 1.76. The first-order chi connectivity index (χ1) is 10.6. The van der Waals surface area contributed by atoms with E-state index >= 15 is 0 Å². The first kappa shape index (κ1) is 16.4. The monoisotopic (exact) mass is 342 g/mol. The van der Waals surface area contributed by atoms with Crippen LogP contribution in [0.25, 0.3) is 0 Å². The Hall–Kier alpha value is -1.98. The van der Waals surface area contributed by atoms with Gasteiger partial charge in [-0.05, 0) is 30.3 Å². The molecule has 0 saturated carbocycles. The van der Waals surface area contributed by atoms with Gasteiger partial charge in [-0.15, -0.1) is 0 Å². The van der Waals surface area contributed by atoms with Crippen molar-refractivity contribution in [2.75, 3.05) is 18.5 Å². The number of carbonyl (C=O) groups excluding carboxylic acids is 1. The van der Waals surface area contributed by atoms with Crippen molar-refractivity contribution in [3.63, 3.8) is 0 Å². The number of amides is 2. The van der Waals surface area contributed by atoms with Crippen molar-refractivity contribution in [1.29, 1.82) is 0 Å². The van der Waals surface area contributed by atoms with Gasteiger partial charge in [0.1, 0.15) is 6.61 Å². The lowest BCUT2D eigenvalue weighted by Crippen LogP contribution is -2.32. The molecule has 2 N–H and O–H groups in total. The summed E-state index contributed by atoms with van der Waals surface area (Å²) in [5.74, 6) is -0.305. The molecule has 0 spiro atoms. The highest BCUT2D eigenvalue weighted by atomic mass is 35.5. The van der Waals surface area contributed by atoms with Crippen LogP contribution in [0.4, 0.5) is 14.9 Å². The summed E-state index contributed by atoms with van der Waals surface area (Å²) in [5.41, 5.74) is 0.404. The lowest BCUT2D eigenvalue weighted by molar-refractivity contribution is 0.246. The zero-order chi connectivity index (χ0) is 15.9. The number of hydrogen-bond donors (Lipinski definition) is 2. The summed E-state index contributed by atoms with van der Waals surface area (Å²) in [6.07, 6.45) is 0. The predicted molar refractivity (Wildman–Crippen MR) is 85.4 cm³/mol. The molecule has 4 nitrogen and oxygen atoms in total. The van der Waals surface area contributed by atoms with E-state index in [0.717, 1.165) is 0 Å². The summed E-state index contributed by atoms with van der Waals surface area (Å²) in [7, 11) is 0. The van der Waals surface area contributed by atoms with Crippen LogP contribution in [0.15, 0.2) is 42.5 Å². The number of benzene rings is 2. The lowest BCUT2D eigenvalue weighted by atomic mass is 10.3. The summed E-state index contributed by atoms with van der Waals surface area (Å²) < 4.78 is 18.5. The fourth-order valence-corrected chi connectivity index (χ4v) is 1.98. The molecule has 2 aromatic rings. The molecular weight excluding hydrogens is 330 g/mol. The second-order valence-corrected chi connectivity index (χ2v) is 5.13. The molecule has 22 heavy (non-hydrogen) atoms. The van der Waals surface area contributed by atoms with E-state index in [-0.39, 0.29) is 18.9 Å². The number of hydrogen-bond acceptors (Lipinski definition) is 2. The normalized spacial score (nSPS) is 10.1. The zero-order valence-electron chi connectivity index (χ0n) is 11.4. The van der Waals surface area contributed by atoms with Crippen LogP contribution in [0, 0.1) is 5.82 Å². The molecule has 0 aliphatic heterocycles. The molecule has 0 aliphatic rings. The van der Waals surface area contributed by atoms with Crippen molar-refractivity contribution in [1.82, 2.24) is 5.32 Å².